The number of imide groups is 1. The fraction of sp³-hybridized carbons (Fsp3) is 0.0800. The van der Waals surface area contributed by atoms with Crippen LogP contribution in [0.15, 0.2) is 79.0 Å². The van der Waals surface area contributed by atoms with Crippen molar-refractivity contribution < 1.29 is 19.1 Å². The highest BCUT2D eigenvalue weighted by molar-refractivity contribution is 9.11. The first-order valence-electron chi connectivity index (χ1n) is 10.4. The van der Waals surface area contributed by atoms with E-state index in [0.29, 0.717) is 35.4 Å². The summed E-state index contributed by atoms with van der Waals surface area (Å²) in [6, 6.07) is 18.0. The van der Waals surface area contributed by atoms with E-state index in [0.717, 1.165) is 22.2 Å². The molecule has 11 heteroatoms. The smallest absolute Gasteiger partial charge is 0.294 e. The number of para-hydroxylation sites is 1. The Morgan fingerprint density at radius 2 is 1.67 bits per heavy atom. The average molecular weight is 716 g/mol. The van der Waals surface area contributed by atoms with Gasteiger partial charge < -0.3 is 10.1 Å². The highest BCUT2D eigenvalue weighted by atomic mass is 79.9. The third kappa shape index (κ3) is 6.41. The second-order valence-electron chi connectivity index (χ2n) is 7.49. The molecule has 0 unspecified atom stereocenters. The van der Waals surface area contributed by atoms with Gasteiger partial charge in [0.25, 0.3) is 11.1 Å². The Morgan fingerprint density at radius 1 is 1.00 bits per heavy atom. The largest absolute Gasteiger partial charge is 0.486 e. The van der Waals surface area contributed by atoms with Gasteiger partial charge in [-0.15, -0.1) is 0 Å². The van der Waals surface area contributed by atoms with Crippen molar-refractivity contribution in [3.63, 3.8) is 0 Å². The zero-order valence-electron chi connectivity index (χ0n) is 18.3. The molecule has 0 bridgehead atoms. The van der Waals surface area contributed by atoms with Crippen LogP contribution in [0.2, 0.25) is 5.02 Å². The maximum atomic E-state index is 12.9. The van der Waals surface area contributed by atoms with E-state index in [2.05, 4.69) is 53.1 Å². The van der Waals surface area contributed by atoms with Crippen molar-refractivity contribution in [2.75, 3.05) is 11.9 Å². The van der Waals surface area contributed by atoms with Crippen LogP contribution < -0.4 is 10.1 Å². The number of rotatable bonds is 7. The zero-order valence-corrected chi connectivity index (χ0v) is 24.6. The lowest BCUT2D eigenvalue weighted by Crippen LogP contribution is -2.36. The molecule has 36 heavy (non-hydrogen) atoms. The summed E-state index contributed by atoms with van der Waals surface area (Å²) in [5, 5.41) is 2.80. The van der Waals surface area contributed by atoms with E-state index in [9.17, 15) is 14.4 Å². The third-order valence-corrected chi connectivity index (χ3v) is 8.12. The van der Waals surface area contributed by atoms with Crippen molar-refractivity contribution in [2.45, 2.75) is 6.61 Å². The Bertz CT molecular complexity index is 1380. The number of hydrogen-bond acceptors (Lipinski definition) is 5. The number of carbonyl (C=O) groups excluding carboxylic acids is 3. The van der Waals surface area contributed by atoms with Gasteiger partial charge in [-0.05, 0) is 102 Å². The average Bonchev–Trinajstić information content (AvgIpc) is 3.08. The summed E-state index contributed by atoms with van der Waals surface area (Å²) in [4.78, 5) is 38.9. The van der Waals surface area contributed by atoms with Gasteiger partial charge in [0.15, 0.2) is 0 Å². The zero-order chi connectivity index (χ0) is 25.8. The van der Waals surface area contributed by atoms with Crippen LogP contribution in [0.25, 0.3) is 6.08 Å². The van der Waals surface area contributed by atoms with Gasteiger partial charge in [-0.25, -0.2) is 0 Å². The van der Waals surface area contributed by atoms with Crippen LogP contribution in [-0.2, 0) is 16.2 Å². The van der Waals surface area contributed by atoms with Gasteiger partial charge in [-0.2, -0.15) is 0 Å². The van der Waals surface area contributed by atoms with Crippen LogP contribution in [-0.4, -0.2) is 28.5 Å². The molecule has 0 radical (unpaired) electrons. The van der Waals surface area contributed by atoms with E-state index >= 15 is 0 Å². The van der Waals surface area contributed by atoms with Crippen molar-refractivity contribution in [2.24, 2.45) is 0 Å². The lowest BCUT2D eigenvalue weighted by molar-refractivity contribution is -0.127. The molecule has 0 atom stereocenters. The molecular weight excluding hydrogens is 700 g/mol. The summed E-state index contributed by atoms with van der Waals surface area (Å²) in [5.41, 5.74) is 2.07. The number of ether oxygens (including phenoxy) is 1. The predicted molar refractivity (Wildman–Crippen MR) is 153 cm³/mol. The molecule has 0 aliphatic carbocycles. The monoisotopic (exact) mass is 712 g/mol. The minimum atomic E-state index is -0.529. The van der Waals surface area contributed by atoms with Crippen LogP contribution in [0, 0.1) is 0 Å². The first-order valence-corrected chi connectivity index (χ1v) is 14.0. The van der Waals surface area contributed by atoms with E-state index in [1.54, 1.807) is 42.5 Å². The molecule has 1 N–H and O–H groups in total. The fourth-order valence-corrected chi connectivity index (χ4v) is 6.11. The van der Waals surface area contributed by atoms with Gasteiger partial charge in [0, 0.05) is 15.1 Å². The van der Waals surface area contributed by atoms with Gasteiger partial charge in [0.2, 0.25) is 5.91 Å². The normalized spacial score (nSPS) is 14.4. The number of nitrogens with zero attached hydrogens (tertiary/aromatic N) is 1. The molecule has 4 rings (SSSR count). The molecule has 1 aliphatic heterocycles. The molecule has 3 aromatic rings. The molecule has 1 saturated heterocycles. The van der Waals surface area contributed by atoms with Crippen LogP contribution in [0.3, 0.4) is 0 Å². The van der Waals surface area contributed by atoms with Gasteiger partial charge >= 0.3 is 0 Å². The molecule has 1 fully saturated rings. The highest BCUT2D eigenvalue weighted by Gasteiger charge is 2.36. The summed E-state index contributed by atoms with van der Waals surface area (Å²) in [6.07, 6.45) is 1.60. The van der Waals surface area contributed by atoms with E-state index in [-0.39, 0.29) is 18.1 Å². The topological polar surface area (TPSA) is 75.7 Å². The maximum absolute atomic E-state index is 12.9. The van der Waals surface area contributed by atoms with Crippen molar-refractivity contribution in [1.29, 1.82) is 0 Å². The standard InChI is InChI=1S/C25H16Br3ClN2O4S/c26-16-6-2-4-8-20(16)30-22(32)12-31-24(33)21(36-25(31)34)11-14-9-17(27)23(18(28)10-14)35-13-15-5-1-3-7-19(15)29/h1-11H,12-13H2,(H,30,32)/b21-11+. The summed E-state index contributed by atoms with van der Waals surface area (Å²) in [5.74, 6) is -0.432. The number of thioether (sulfide) groups is 1. The van der Waals surface area contributed by atoms with Crippen molar-refractivity contribution in [3.05, 3.63) is 95.1 Å². The van der Waals surface area contributed by atoms with Gasteiger partial charge in [0.1, 0.15) is 18.9 Å². The second-order valence-corrected chi connectivity index (χ2v) is 11.5. The summed E-state index contributed by atoms with van der Waals surface area (Å²) < 4.78 is 7.94. The minimum absolute atomic E-state index is 0.220. The lowest BCUT2D eigenvalue weighted by Gasteiger charge is -2.13. The van der Waals surface area contributed by atoms with Gasteiger partial charge in [-0.1, -0.05) is 41.9 Å². The second kappa shape index (κ2) is 12.0. The first-order chi connectivity index (χ1) is 17.2. The molecule has 184 valence electrons. The first kappa shape index (κ1) is 26.9. The lowest BCUT2D eigenvalue weighted by atomic mass is 10.2. The van der Waals surface area contributed by atoms with Crippen LogP contribution in [0.5, 0.6) is 5.75 Å². The number of halogens is 4. The Kier molecular flexibility index (Phi) is 8.95. The van der Waals surface area contributed by atoms with Crippen LogP contribution in [0.4, 0.5) is 10.5 Å². The molecule has 1 heterocycles. The number of carbonyl (C=O) groups is 3. The highest BCUT2D eigenvalue weighted by Crippen LogP contribution is 2.38. The number of nitrogens with one attached hydrogen (secondary N) is 1. The third-order valence-electron chi connectivity index (χ3n) is 4.97. The van der Waals surface area contributed by atoms with Crippen molar-refractivity contribution in [3.8, 4) is 5.75 Å². The number of amides is 3. The maximum Gasteiger partial charge on any atom is 0.294 e. The Hall–Kier alpha value is -2.11. The Balaban J connectivity index is 1.45. The van der Waals surface area contributed by atoms with Gasteiger partial charge in [-0.3, -0.25) is 19.3 Å². The minimum Gasteiger partial charge on any atom is -0.486 e. The molecule has 1 aliphatic rings. The van der Waals surface area contributed by atoms with E-state index in [4.69, 9.17) is 16.3 Å². The van der Waals surface area contributed by atoms with Crippen LogP contribution in [0.1, 0.15) is 11.1 Å². The van der Waals surface area contributed by atoms with Gasteiger partial charge in [0.05, 0.1) is 19.5 Å². The van der Waals surface area contributed by atoms with E-state index < -0.39 is 17.1 Å². The number of anilines is 1. The molecule has 3 aromatic carbocycles. The molecule has 0 aromatic heterocycles. The fourth-order valence-electron chi connectivity index (χ4n) is 3.25. The molecule has 3 amide bonds. The van der Waals surface area contributed by atoms with E-state index in [1.807, 2.05) is 24.3 Å². The van der Waals surface area contributed by atoms with Crippen molar-refractivity contribution in [1.82, 2.24) is 4.90 Å². The SMILES string of the molecule is O=C(CN1C(=O)S/C(=C/c2cc(Br)c(OCc3ccccc3Cl)c(Br)c2)C1=O)Nc1ccccc1Br. The molecular formula is C25H16Br3ClN2O4S. The van der Waals surface area contributed by atoms with E-state index in [1.165, 1.54) is 0 Å². The molecule has 0 spiro atoms. The Labute approximate surface area is 241 Å². The quantitative estimate of drug-likeness (QED) is 0.252. The summed E-state index contributed by atoms with van der Waals surface area (Å²) >= 11 is 17.4. The predicted octanol–water partition coefficient (Wildman–Crippen LogP) is 7.88. The number of hydrogen-bond donors (Lipinski definition) is 1. The summed E-state index contributed by atoms with van der Waals surface area (Å²) in [7, 11) is 0. The number of benzene rings is 3. The van der Waals surface area contributed by atoms with Crippen molar-refractivity contribution >= 4 is 100.0 Å². The van der Waals surface area contributed by atoms with Crippen LogP contribution >= 0.6 is 71.2 Å². The summed E-state index contributed by atoms with van der Waals surface area (Å²) in [6.45, 7) is -0.109. The molecule has 6 nitrogen and oxygen atoms in total. The Morgan fingerprint density at radius 3 is 2.36 bits per heavy atom. The molecule has 0 saturated carbocycles.